The van der Waals surface area contributed by atoms with Gasteiger partial charge in [0.1, 0.15) is 5.69 Å². The maximum atomic E-state index is 13.1. The quantitative estimate of drug-likeness (QED) is 0.605. The normalized spacial score (nSPS) is 12.6. The number of rotatable bonds is 6. The lowest BCUT2D eigenvalue weighted by Crippen LogP contribution is -2.19. The van der Waals surface area contributed by atoms with E-state index in [-0.39, 0.29) is 19.6 Å². The summed E-state index contributed by atoms with van der Waals surface area (Å²) in [6.45, 7) is -0.0348. The van der Waals surface area contributed by atoms with Crippen LogP contribution in [-0.2, 0) is 4.74 Å². The van der Waals surface area contributed by atoms with E-state index < -0.39 is 35.3 Å². The van der Waals surface area contributed by atoms with Gasteiger partial charge in [-0.05, 0) is 6.42 Å². The molecule has 18 heavy (non-hydrogen) atoms. The lowest BCUT2D eigenvalue weighted by atomic mass is 10.2. The first-order chi connectivity index (χ1) is 8.47. The van der Waals surface area contributed by atoms with Crippen molar-refractivity contribution in [2.45, 2.75) is 12.5 Å². The van der Waals surface area contributed by atoms with Crippen LogP contribution in [0.15, 0.2) is 0 Å². The second-order valence-electron chi connectivity index (χ2n) is 3.52. The van der Waals surface area contributed by atoms with Gasteiger partial charge in [0.2, 0.25) is 11.6 Å². The van der Waals surface area contributed by atoms with Crippen molar-refractivity contribution >= 4 is 5.69 Å². The Labute approximate surface area is 101 Å². The van der Waals surface area contributed by atoms with Crippen LogP contribution in [0.2, 0.25) is 0 Å². The summed E-state index contributed by atoms with van der Waals surface area (Å²) in [5, 5.41) is 11.4. The highest BCUT2D eigenvalue weighted by molar-refractivity contribution is 5.45. The van der Waals surface area contributed by atoms with E-state index in [9.17, 15) is 22.7 Å². The van der Waals surface area contributed by atoms with E-state index in [2.05, 4.69) is 15.0 Å². The van der Waals surface area contributed by atoms with E-state index in [1.165, 1.54) is 7.11 Å². The minimum Gasteiger partial charge on any atom is -0.391 e. The molecular formula is C10H12F4N2O2. The number of nitrogens with one attached hydrogen (secondary N) is 1. The summed E-state index contributed by atoms with van der Waals surface area (Å²) in [5.74, 6) is -6.66. The maximum absolute atomic E-state index is 13.1. The zero-order valence-electron chi connectivity index (χ0n) is 9.51. The van der Waals surface area contributed by atoms with Crippen molar-refractivity contribution in [3.05, 3.63) is 23.5 Å². The molecule has 8 heteroatoms. The van der Waals surface area contributed by atoms with Crippen molar-refractivity contribution in [2.75, 3.05) is 25.6 Å². The van der Waals surface area contributed by atoms with E-state index in [1.807, 2.05) is 0 Å². The third kappa shape index (κ3) is 3.54. The summed E-state index contributed by atoms with van der Waals surface area (Å²) in [4.78, 5) is 2.41. The molecule has 0 radical (unpaired) electrons. The zero-order chi connectivity index (χ0) is 13.7. The molecule has 0 saturated heterocycles. The third-order valence-electron chi connectivity index (χ3n) is 2.14. The molecule has 1 rings (SSSR count). The van der Waals surface area contributed by atoms with Gasteiger partial charge in [-0.15, -0.1) is 0 Å². The highest BCUT2D eigenvalue weighted by Gasteiger charge is 2.20. The minimum absolute atomic E-state index is 0.0473. The average Bonchev–Trinajstić information content (AvgIpc) is 2.31. The van der Waals surface area contributed by atoms with Gasteiger partial charge in [0, 0.05) is 13.7 Å². The number of pyridine rings is 1. The number of hydrogen-bond acceptors (Lipinski definition) is 4. The molecule has 0 fully saturated rings. The fraction of sp³-hybridized carbons (Fsp3) is 0.500. The SMILES string of the molecule is COCC(O)CCNc1c(F)c(F)nc(F)c1F. The standard InChI is InChI=1S/C10H12F4N2O2/c1-18-4-5(17)2-3-15-8-6(11)9(13)16-10(14)7(8)12/h5,17H,2-4H2,1H3,(H,15,16). The Balaban J connectivity index is 2.67. The second-order valence-corrected chi connectivity index (χ2v) is 3.52. The molecule has 1 unspecified atom stereocenters. The Morgan fingerprint density at radius 2 is 1.78 bits per heavy atom. The van der Waals surface area contributed by atoms with Crippen LogP contribution in [0.1, 0.15) is 6.42 Å². The average molecular weight is 268 g/mol. The topological polar surface area (TPSA) is 54.4 Å². The number of halogens is 4. The zero-order valence-corrected chi connectivity index (χ0v) is 9.51. The van der Waals surface area contributed by atoms with Gasteiger partial charge in [-0.1, -0.05) is 0 Å². The molecular weight excluding hydrogens is 256 g/mol. The van der Waals surface area contributed by atoms with Gasteiger partial charge in [0.25, 0.3) is 11.9 Å². The van der Waals surface area contributed by atoms with E-state index in [1.54, 1.807) is 0 Å². The monoisotopic (exact) mass is 268 g/mol. The van der Waals surface area contributed by atoms with Gasteiger partial charge in [-0.25, -0.2) is 0 Å². The number of ether oxygens (including phenoxy) is 1. The van der Waals surface area contributed by atoms with Crippen molar-refractivity contribution in [1.29, 1.82) is 0 Å². The van der Waals surface area contributed by atoms with Crippen LogP contribution in [0.3, 0.4) is 0 Å². The van der Waals surface area contributed by atoms with Gasteiger partial charge in [-0.2, -0.15) is 22.5 Å². The molecule has 1 heterocycles. The fourth-order valence-electron chi connectivity index (χ4n) is 1.28. The molecule has 4 nitrogen and oxygen atoms in total. The van der Waals surface area contributed by atoms with Crippen LogP contribution in [0.5, 0.6) is 0 Å². The van der Waals surface area contributed by atoms with E-state index in [0.717, 1.165) is 0 Å². The first kappa shape index (κ1) is 14.7. The number of methoxy groups -OCH3 is 1. The number of nitrogens with zero attached hydrogens (tertiary/aromatic N) is 1. The summed E-state index contributed by atoms with van der Waals surface area (Å²) in [7, 11) is 1.38. The number of hydrogen-bond donors (Lipinski definition) is 2. The molecule has 0 saturated carbocycles. The molecule has 0 aromatic carbocycles. The second kappa shape index (κ2) is 6.50. The van der Waals surface area contributed by atoms with Gasteiger partial charge in [0.15, 0.2) is 0 Å². The van der Waals surface area contributed by atoms with Crippen LogP contribution >= 0.6 is 0 Å². The number of aliphatic hydroxyl groups excluding tert-OH is 1. The Hall–Kier alpha value is -1.41. The summed E-state index contributed by atoms with van der Waals surface area (Å²) in [6.07, 6.45) is -0.747. The third-order valence-corrected chi connectivity index (χ3v) is 2.14. The molecule has 2 N–H and O–H groups in total. The predicted molar refractivity (Wildman–Crippen MR) is 55.1 cm³/mol. The van der Waals surface area contributed by atoms with Crippen molar-refractivity contribution < 1.29 is 27.4 Å². The minimum atomic E-state index is -1.73. The van der Waals surface area contributed by atoms with Crippen LogP contribution in [0.4, 0.5) is 23.2 Å². The molecule has 0 aliphatic carbocycles. The lowest BCUT2D eigenvalue weighted by Gasteiger charge is -2.12. The molecule has 1 aromatic rings. The summed E-state index contributed by atoms with van der Waals surface area (Å²) in [6, 6.07) is 0. The van der Waals surface area contributed by atoms with Gasteiger partial charge >= 0.3 is 0 Å². The summed E-state index contributed by atoms with van der Waals surface area (Å²) < 4.78 is 56.3. The van der Waals surface area contributed by atoms with Crippen LogP contribution in [-0.4, -0.2) is 36.5 Å². The van der Waals surface area contributed by atoms with E-state index in [4.69, 9.17) is 0 Å². The Morgan fingerprint density at radius 3 is 2.28 bits per heavy atom. The summed E-state index contributed by atoms with van der Waals surface area (Å²) >= 11 is 0. The first-order valence-corrected chi connectivity index (χ1v) is 5.08. The molecule has 1 atom stereocenters. The van der Waals surface area contributed by atoms with Gasteiger partial charge in [0.05, 0.1) is 12.7 Å². The highest BCUT2D eigenvalue weighted by atomic mass is 19.2. The fourth-order valence-corrected chi connectivity index (χ4v) is 1.28. The van der Waals surface area contributed by atoms with Crippen LogP contribution in [0, 0.1) is 23.5 Å². The van der Waals surface area contributed by atoms with Crippen LogP contribution < -0.4 is 5.32 Å². The van der Waals surface area contributed by atoms with Gasteiger partial charge in [-0.3, -0.25) is 0 Å². The Morgan fingerprint density at radius 1 is 1.22 bits per heavy atom. The van der Waals surface area contributed by atoms with Crippen molar-refractivity contribution in [3.63, 3.8) is 0 Å². The lowest BCUT2D eigenvalue weighted by molar-refractivity contribution is 0.0615. The largest absolute Gasteiger partial charge is 0.391 e. The predicted octanol–water partition coefficient (Wildman–Crippen LogP) is 1.45. The highest BCUT2D eigenvalue weighted by Crippen LogP contribution is 2.21. The Kier molecular flexibility index (Phi) is 5.29. The molecule has 0 aliphatic heterocycles. The number of anilines is 1. The maximum Gasteiger partial charge on any atom is 0.253 e. The molecule has 0 aliphatic rings. The molecule has 0 amide bonds. The summed E-state index contributed by atoms with van der Waals surface area (Å²) in [5.41, 5.74) is -0.940. The van der Waals surface area contributed by atoms with Gasteiger partial charge < -0.3 is 15.2 Å². The molecule has 0 spiro atoms. The van der Waals surface area contributed by atoms with Crippen molar-refractivity contribution in [2.24, 2.45) is 0 Å². The molecule has 102 valence electrons. The molecule has 1 aromatic heterocycles. The number of aromatic nitrogens is 1. The van der Waals surface area contributed by atoms with Crippen molar-refractivity contribution in [1.82, 2.24) is 4.98 Å². The number of aliphatic hydroxyl groups is 1. The smallest absolute Gasteiger partial charge is 0.253 e. The van der Waals surface area contributed by atoms with Crippen LogP contribution in [0.25, 0.3) is 0 Å². The van der Waals surface area contributed by atoms with E-state index >= 15 is 0 Å². The molecule has 0 bridgehead atoms. The van der Waals surface area contributed by atoms with Crippen molar-refractivity contribution in [3.8, 4) is 0 Å². The van der Waals surface area contributed by atoms with E-state index in [0.29, 0.717) is 0 Å². The first-order valence-electron chi connectivity index (χ1n) is 5.08. The Bertz CT molecular complexity index is 391.